The molecule has 3 aromatic rings. The number of aromatic nitrogens is 2. The third-order valence-corrected chi connectivity index (χ3v) is 5.80. The number of nitrogens with one attached hydrogen (secondary N) is 1. The van der Waals surface area contributed by atoms with Crippen molar-refractivity contribution in [3.8, 4) is 0 Å². The quantitative estimate of drug-likeness (QED) is 0.640. The van der Waals surface area contributed by atoms with Crippen molar-refractivity contribution in [3.63, 3.8) is 0 Å². The Morgan fingerprint density at radius 2 is 1.69 bits per heavy atom. The van der Waals surface area contributed by atoms with Crippen LogP contribution in [0.15, 0.2) is 59.7 Å². The average Bonchev–Trinajstić information content (AvgIpc) is 2.82. The van der Waals surface area contributed by atoms with E-state index >= 15 is 0 Å². The fourth-order valence-electron chi connectivity index (χ4n) is 3.96. The summed E-state index contributed by atoms with van der Waals surface area (Å²) in [6, 6.07) is 14.9. The number of carbonyl (C=O) groups is 2. The summed E-state index contributed by atoms with van der Waals surface area (Å²) in [5, 5.41) is 3.49. The molecule has 2 heterocycles. The van der Waals surface area contributed by atoms with Crippen molar-refractivity contribution in [2.24, 2.45) is 0 Å². The van der Waals surface area contributed by atoms with E-state index in [0.29, 0.717) is 37.1 Å². The van der Waals surface area contributed by atoms with Gasteiger partial charge in [0, 0.05) is 31.9 Å². The van der Waals surface area contributed by atoms with Crippen molar-refractivity contribution < 1.29 is 9.59 Å². The molecule has 0 bridgehead atoms. The van der Waals surface area contributed by atoms with Crippen molar-refractivity contribution in [3.05, 3.63) is 70.8 Å². The minimum atomic E-state index is -0.216. The molecule has 0 aliphatic carbocycles. The third kappa shape index (κ3) is 4.86. The molecule has 1 saturated heterocycles. The van der Waals surface area contributed by atoms with Crippen LogP contribution in [0.2, 0.25) is 0 Å². The Balaban J connectivity index is 1.30. The maximum atomic E-state index is 12.7. The number of piperazine rings is 1. The molecule has 1 aromatic heterocycles. The molecule has 2 aromatic carbocycles. The minimum Gasteiger partial charge on any atom is -0.339 e. The maximum Gasteiger partial charge on any atom is 0.261 e. The molecular formula is C24H27N5O3. The van der Waals surface area contributed by atoms with E-state index in [1.54, 1.807) is 23.1 Å². The van der Waals surface area contributed by atoms with Crippen LogP contribution in [0.25, 0.3) is 10.9 Å². The topological polar surface area (TPSA) is 87.5 Å². The number of fused-ring (bicyclic) bond motifs is 1. The van der Waals surface area contributed by atoms with Crippen LogP contribution >= 0.6 is 0 Å². The smallest absolute Gasteiger partial charge is 0.261 e. The van der Waals surface area contributed by atoms with Gasteiger partial charge in [-0.3, -0.25) is 23.9 Å². The van der Waals surface area contributed by atoms with E-state index in [0.717, 1.165) is 17.7 Å². The second-order valence-electron chi connectivity index (χ2n) is 7.91. The summed E-state index contributed by atoms with van der Waals surface area (Å²) in [6.45, 7) is 4.57. The molecule has 0 atom stereocenters. The molecule has 1 aliphatic rings. The molecule has 0 unspecified atom stereocenters. The van der Waals surface area contributed by atoms with Gasteiger partial charge in [0.05, 0.1) is 23.8 Å². The summed E-state index contributed by atoms with van der Waals surface area (Å²) in [5.74, 6) is -0.176. The van der Waals surface area contributed by atoms with E-state index in [-0.39, 0.29) is 30.5 Å². The maximum absolute atomic E-state index is 12.7. The number of anilines is 1. The molecule has 0 saturated carbocycles. The minimum absolute atomic E-state index is 0.0368. The van der Waals surface area contributed by atoms with Crippen LogP contribution in [0, 0.1) is 0 Å². The normalized spacial score (nSPS) is 14.5. The Labute approximate surface area is 186 Å². The fourth-order valence-corrected chi connectivity index (χ4v) is 3.96. The number of para-hydroxylation sites is 2. The molecule has 32 heavy (non-hydrogen) atoms. The molecule has 1 N–H and O–H groups in total. The number of hydrogen-bond donors (Lipinski definition) is 1. The number of hydrogen-bond acceptors (Lipinski definition) is 5. The number of nitrogens with zero attached hydrogens (tertiary/aromatic N) is 4. The first kappa shape index (κ1) is 21.7. The predicted octanol–water partition coefficient (Wildman–Crippen LogP) is 1.74. The lowest BCUT2D eigenvalue weighted by molar-refractivity contribution is -0.133. The van der Waals surface area contributed by atoms with E-state index in [9.17, 15) is 14.4 Å². The highest BCUT2D eigenvalue weighted by Gasteiger charge is 2.23. The monoisotopic (exact) mass is 433 g/mol. The van der Waals surface area contributed by atoms with E-state index in [1.807, 2.05) is 35.2 Å². The molecule has 0 radical (unpaired) electrons. The van der Waals surface area contributed by atoms with E-state index < -0.39 is 0 Å². The zero-order valence-corrected chi connectivity index (χ0v) is 18.2. The van der Waals surface area contributed by atoms with Crippen molar-refractivity contribution in [2.75, 3.05) is 38.0 Å². The fraction of sp³-hybridized carbons (Fsp3) is 0.333. The van der Waals surface area contributed by atoms with Crippen LogP contribution < -0.4 is 10.9 Å². The molecule has 8 heteroatoms. The lowest BCUT2D eigenvalue weighted by atomic mass is 10.1. The number of carbonyl (C=O) groups excluding carboxylic acids is 2. The van der Waals surface area contributed by atoms with Gasteiger partial charge in [-0.15, -0.1) is 0 Å². The van der Waals surface area contributed by atoms with Crippen LogP contribution in [0.1, 0.15) is 12.5 Å². The Kier molecular flexibility index (Phi) is 6.61. The summed E-state index contributed by atoms with van der Waals surface area (Å²) in [6.07, 6.45) is 2.28. The standard InChI is InChI=1S/C24H27N5O3/c1-2-18-7-3-5-9-20(18)26-22(30)15-27-11-13-28(14-12-27)23(31)16-29-17-25-21-10-6-4-8-19(21)24(29)32/h3-10,17H,2,11-16H2,1H3,(H,26,30). The van der Waals surface area contributed by atoms with Gasteiger partial charge < -0.3 is 10.2 Å². The van der Waals surface area contributed by atoms with Gasteiger partial charge in [0.15, 0.2) is 0 Å². The predicted molar refractivity (Wildman–Crippen MR) is 123 cm³/mol. The zero-order valence-electron chi connectivity index (χ0n) is 18.2. The summed E-state index contributed by atoms with van der Waals surface area (Å²) in [4.78, 5) is 45.9. The summed E-state index contributed by atoms with van der Waals surface area (Å²) in [7, 11) is 0. The van der Waals surface area contributed by atoms with Crippen molar-refractivity contribution in [1.29, 1.82) is 0 Å². The van der Waals surface area contributed by atoms with Crippen LogP contribution in [0.3, 0.4) is 0 Å². The first-order chi connectivity index (χ1) is 15.5. The Morgan fingerprint density at radius 1 is 0.969 bits per heavy atom. The third-order valence-electron chi connectivity index (χ3n) is 5.80. The van der Waals surface area contributed by atoms with Gasteiger partial charge in [-0.2, -0.15) is 0 Å². The molecule has 1 fully saturated rings. The second kappa shape index (κ2) is 9.74. The van der Waals surface area contributed by atoms with Crippen molar-refractivity contribution in [2.45, 2.75) is 19.9 Å². The van der Waals surface area contributed by atoms with Crippen LogP contribution in [-0.4, -0.2) is 63.9 Å². The average molecular weight is 434 g/mol. The van der Waals surface area contributed by atoms with E-state index in [2.05, 4.69) is 17.2 Å². The SMILES string of the molecule is CCc1ccccc1NC(=O)CN1CCN(C(=O)Cn2cnc3ccccc3c2=O)CC1. The molecule has 4 rings (SSSR count). The van der Waals surface area contributed by atoms with Gasteiger partial charge in [0.2, 0.25) is 11.8 Å². The van der Waals surface area contributed by atoms with Crippen LogP contribution in [-0.2, 0) is 22.6 Å². The molecule has 2 amide bonds. The first-order valence-corrected chi connectivity index (χ1v) is 10.9. The van der Waals surface area contributed by atoms with Gasteiger partial charge in [0.1, 0.15) is 6.54 Å². The lowest BCUT2D eigenvalue weighted by Gasteiger charge is -2.34. The Hall–Kier alpha value is -3.52. The van der Waals surface area contributed by atoms with Crippen molar-refractivity contribution >= 4 is 28.4 Å². The van der Waals surface area contributed by atoms with Crippen LogP contribution in [0.5, 0.6) is 0 Å². The van der Waals surface area contributed by atoms with Gasteiger partial charge in [-0.05, 0) is 30.2 Å². The summed E-state index contributed by atoms with van der Waals surface area (Å²) >= 11 is 0. The Morgan fingerprint density at radius 3 is 2.47 bits per heavy atom. The molecule has 1 aliphatic heterocycles. The largest absolute Gasteiger partial charge is 0.339 e. The molecule has 166 valence electrons. The molecule has 8 nitrogen and oxygen atoms in total. The summed E-state index contributed by atoms with van der Waals surface area (Å²) in [5.41, 5.74) is 2.36. The van der Waals surface area contributed by atoms with Gasteiger partial charge in [-0.25, -0.2) is 4.98 Å². The number of aryl methyl sites for hydroxylation is 1. The van der Waals surface area contributed by atoms with Gasteiger partial charge in [0.25, 0.3) is 5.56 Å². The van der Waals surface area contributed by atoms with Crippen LogP contribution in [0.4, 0.5) is 5.69 Å². The summed E-state index contributed by atoms with van der Waals surface area (Å²) < 4.78 is 1.36. The van der Waals surface area contributed by atoms with Crippen molar-refractivity contribution in [1.82, 2.24) is 19.4 Å². The Bertz CT molecular complexity index is 1180. The highest BCUT2D eigenvalue weighted by atomic mass is 16.2. The van der Waals surface area contributed by atoms with Gasteiger partial charge in [-0.1, -0.05) is 37.3 Å². The van der Waals surface area contributed by atoms with E-state index in [1.165, 1.54) is 10.9 Å². The first-order valence-electron chi connectivity index (χ1n) is 10.9. The highest BCUT2D eigenvalue weighted by molar-refractivity contribution is 5.93. The van der Waals surface area contributed by atoms with Gasteiger partial charge >= 0.3 is 0 Å². The number of benzene rings is 2. The molecular weight excluding hydrogens is 406 g/mol. The lowest BCUT2D eigenvalue weighted by Crippen LogP contribution is -2.51. The zero-order chi connectivity index (χ0) is 22.5. The number of amides is 2. The molecule has 0 spiro atoms. The van der Waals surface area contributed by atoms with E-state index in [4.69, 9.17) is 0 Å². The highest BCUT2D eigenvalue weighted by Crippen LogP contribution is 2.15. The second-order valence-corrected chi connectivity index (χ2v) is 7.91. The number of rotatable bonds is 6.